The van der Waals surface area contributed by atoms with Crippen molar-refractivity contribution in [2.24, 2.45) is 0 Å². The van der Waals surface area contributed by atoms with Crippen molar-refractivity contribution in [2.45, 2.75) is 11.8 Å². The second-order valence-corrected chi connectivity index (χ2v) is 5.61. The summed E-state index contributed by atoms with van der Waals surface area (Å²) >= 11 is 0. The molecule has 6 heteroatoms. The van der Waals surface area contributed by atoms with Crippen molar-refractivity contribution < 1.29 is 8.42 Å². The average molecular weight is 273 g/mol. The van der Waals surface area contributed by atoms with Crippen molar-refractivity contribution in [3.8, 4) is 0 Å². The van der Waals surface area contributed by atoms with Crippen molar-refractivity contribution >= 4 is 21.5 Å². The van der Waals surface area contributed by atoms with Crippen LogP contribution < -0.4 is 4.72 Å². The van der Waals surface area contributed by atoms with E-state index >= 15 is 0 Å². The van der Waals surface area contributed by atoms with Crippen LogP contribution in [0.15, 0.2) is 47.5 Å². The van der Waals surface area contributed by atoms with Crippen molar-refractivity contribution in [3.63, 3.8) is 0 Å². The molecule has 0 aliphatic carbocycles. The Balaban J connectivity index is 2.26. The first kappa shape index (κ1) is 13.1. The fourth-order valence-electron chi connectivity index (χ4n) is 1.43. The minimum absolute atomic E-state index is 0.175. The Bertz CT molecular complexity index is 714. The highest BCUT2D eigenvalue weighted by Gasteiger charge is 2.14. The van der Waals surface area contributed by atoms with Crippen LogP contribution in [0.1, 0.15) is 5.56 Å². The summed E-state index contributed by atoms with van der Waals surface area (Å²) in [5.74, 6) is 0.188. The Hall–Kier alpha value is -2.39. The third kappa shape index (κ3) is 3.09. The molecular formula is C13H11N3O2S. The fraction of sp³-hybridized carbons (Fsp3) is 0.0769. The number of hydrogen-bond acceptors (Lipinski definition) is 3. The van der Waals surface area contributed by atoms with Crippen LogP contribution in [0.5, 0.6) is 0 Å². The van der Waals surface area contributed by atoms with Crippen LogP contribution in [0.2, 0.25) is 0 Å². The zero-order valence-corrected chi connectivity index (χ0v) is 11.0. The molecular weight excluding hydrogens is 262 g/mol. The van der Waals surface area contributed by atoms with Crippen LogP contribution in [0.3, 0.4) is 0 Å². The van der Waals surface area contributed by atoms with Gasteiger partial charge in [-0.25, -0.2) is 13.3 Å². The maximum Gasteiger partial charge on any atom is 0.263 e. The van der Waals surface area contributed by atoms with Crippen LogP contribution in [0.25, 0.3) is 4.85 Å². The summed E-state index contributed by atoms with van der Waals surface area (Å²) in [5.41, 5.74) is 1.34. The second kappa shape index (κ2) is 5.08. The molecule has 19 heavy (non-hydrogen) atoms. The minimum Gasteiger partial charge on any atom is -0.263 e. The number of hydrogen-bond donors (Lipinski definition) is 1. The van der Waals surface area contributed by atoms with E-state index in [1.807, 2.05) is 6.92 Å². The number of pyridine rings is 1. The summed E-state index contributed by atoms with van der Waals surface area (Å²) in [4.78, 5) is 7.24. The van der Waals surface area contributed by atoms with Gasteiger partial charge in [-0.1, -0.05) is 23.8 Å². The molecule has 1 aromatic heterocycles. The third-order valence-electron chi connectivity index (χ3n) is 2.45. The highest BCUT2D eigenvalue weighted by atomic mass is 32.2. The number of sulfonamides is 1. The van der Waals surface area contributed by atoms with Gasteiger partial charge in [0.05, 0.1) is 11.5 Å². The lowest BCUT2D eigenvalue weighted by Crippen LogP contribution is -2.13. The van der Waals surface area contributed by atoms with Crippen molar-refractivity contribution in [3.05, 3.63) is 59.6 Å². The third-order valence-corrected chi connectivity index (χ3v) is 3.82. The van der Waals surface area contributed by atoms with Gasteiger partial charge in [0.1, 0.15) is 5.82 Å². The number of rotatable bonds is 3. The van der Waals surface area contributed by atoms with Gasteiger partial charge >= 0.3 is 0 Å². The van der Waals surface area contributed by atoms with E-state index in [1.54, 1.807) is 12.1 Å². The first-order chi connectivity index (χ1) is 9.01. The van der Waals surface area contributed by atoms with Gasteiger partial charge in [-0.15, -0.1) is 0 Å². The lowest BCUT2D eigenvalue weighted by molar-refractivity contribution is 0.601. The molecule has 0 atom stereocenters. The second-order valence-electron chi connectivity index (χ2n) is 3.93. The molecule has 0 fully saturated rings. The summed E-state index contributed by atoms with van der Waals surface area (Å²) in [6.45, 7) is 8.68. The molecule has 96 valence electrons. The first-order valence-electron chi connectivity index (χ1n) is 5.44. The first-order valence-corrected chi connectivity index (χ1v) is 6.92. The van der Waals surface area contributed by atoms with Crippen LogP contribution >= 0.6 is 0 Å². The van der Waals surface area contributed by atoms with Crippen LogP contribution in [0, 0.1) is 13.5 Å². The van der Waals surface area contributed by atoms with E-state index in [0.29, 0.717) is 5.69 Å². The molecule has 2 rings (SSSR count). The van der Waals surface area contributed by atoms with E-state index in [4.69, 9.17) is 6.57 Å². The molecule has 5 nitrogen and oxygen atoms in total. The summed E-state index contributed by atoms with van der Waals surface area (Å²) in [7, 11) is -3.64. The summed E-state index contributed by atoms with van der Waals surface area (Å²) in [6.07, 6.45) is 1.32. The van der Waals surface area contributed by atoms with E-state index < -0.39 is 10.0 Å². The average Bonchev–Trinajstić information content (AvgIpc) is 2.40. The Labute approximate surface area is 111 Å². The molecule has 0 unspecified atom stereocenters. The van der Waals surface area contributed by atoms with Crippen molar-refractivity contribution in [1.29, 1.82) is 0 Å². The number of aryl methyl sites for hydroxylation is 1. The van der Waals surface area contributed by atoms with E-state index in [-0.39, 0.29) is 10.7 Å². The van der Waals surface area contributed by atoms with Gasteiger partial charge in [0, 0.05) is 6.20 Å². The summed E-state index contributed by atoms with van der Waals surface area (Å²) in [5, 5.41) is 0. The van der Waals surface area contributed by atoms with Gasteiger partial charge in [-0.05, 0) is 25.1 Å². The number of benzene rings is 1. The van der Waals surface area contributed by atoms with E-state index in [1.165, 1.54) is 30.5 Å². The Morgan fingerprint density at radius 2 is 1.84 bits per heavy atom. The molecule has 0 saturated heterocycles. The van der Waals surface area contributed by atoms with Crippen molar-refractivity contribution in [1.82, 2.24) is 4.98 Å². The number of anilines is 1. The zero-order valence-electron chi connectivity index (χ0n) is 10.2. The van der Waals surface area contributed by atoms with Crippen LogP contribution in [0.4, 0.5) is 11.5 Å². The van der Waals surface area contributed by atoms with Gasteiger partial charge in [0.2, 0.25) is 5.69 Å². The molecule has 0 bridgehead atoms. The lowest BCUT2D eigenvalue weighted by Gasteiger charge is -2.07. The molecule has 1 aromatic carbocycles. The molecule has 0 spiro atoms. The topological polar surface area (TPSA) is 63.4 Å². The van der Waals surface area contributed by atoms with Gasteiger partial charge in [-0.2, -0.15) is 0 Å². The highest BCUT2D eigenvalue weighted by molar-refractivity contribution is 7.92. The largest absolute Gasteiger partial charge is 0.263 e. The van der Waals surface area contributed by atoms with Crippen LogP contribution in [-0.4, -0.2) is 13.4 Å². The van der Waals surface area contributed by atoms with Gasteiger partial charge in [0.25, 0.3) is 10.0 Å². The summed E-state index contributed by atoms with van der Waals surface area (Å²) in [6, 6.07) is 9.48. The SMILES string of the molecule is [C-]#[N+]c1ccc(NS(=O)(=O)c2ccc(C)cc2)nc1. The maximum absolute atomic E-state index is 12.1. The molecule has 0 aliphatic rings. The Morgan fingerprint density at radius 3 is 2.37 bits per heavy atom. The highest BCUT2D eigenvalue weighted by Crippen LogP contribution is 2.17. The Kier molecular flexibility index (Phi) is 3.49. The quantitative estimate of drug-likeness (QED) is 0.874. The molecule has 0 amide bonds. The molecule has 2 aromatic rings. The normalized spacial score (nSPS) is 10.7. The standard InChI is InChI=1S/C13H11N3O2S/c1-10-3-6-12(7-4-10)19(17,18)16-13-8-5-11(14-2)9-15-13/h3-9H,1H3,(H,15,16). The molecule has 0 saturated carbocycles. The van der Waals surface area contributed by atoms with E-state index in [2.05, 4.69) is 14.6 Å². The predicted octanol–water partition coefficient (Wildman–Crippen LogP) is 2.74. The van der Waals surface area contributed by atoms with Gasteiger partial charge < -0.3 is 0 Å². The summed E-state index contributed by atoms with van der Waals surface area (Å²) < 4.78 is 26.5. The molecule has 1 N–H and O–H groups in total. The van der Waals surface area contributed by atoms with Crippen molar-refractivity contribution in [2.75, 3.05) is 4.72 Å². The van der Waals surface area contributed by atoms with Gasteiger partial charge in [-0.3, -0.25) is 9.71 Å². The molecule has 0 radical (unpaired) electrons. The zero-order chi connectivity index (χ0) is 13.9. The lowest BCUT2D eigenvalue weighted by atomic mass is 10.2. The van der Waals surface area contributed by atoms with E-state index in [9.17, 15) is 8.42 Å². The fourth-order valence-corrected chi connectivity index (χ4v) is 2.43. The number of nitrogens with zero attached hydrogens (tertiary/aromatic N) is 2. The monoisotopic (exact) mass is 273 g/mol. The maximum atomic E-state index is 12.1. The van der Waals surface area contributed by atoms with Gasteiger partial charge in [0.15, 0.2) is 0 Å². The minimum atomic E-state index is -3.64. The predicted molar refractivity (Wildman–Crippen MR) is 72.5 cm³/mol. The number of aromatic nitrogens is 1. The number of nitrogens with one attached hydrogen (secondary N) is 1. The molecule has 1 heterocycles. The van der Waals surface area contributed by atoms with Crippen LogP contribution in [-0.2, 0) is 10.0 Å². The smallest absolute Gasteiger partial charge is 0.263 e. The Morgan fingerprint density at radius 1 is 1.16 bits per heavy atom. The van der Waals surface area contributed by atoms with E-state index in [0.717, 1.165) is 5.56 Å². The molecule has 0 aliphatic heterocycles.